The standard InChI is InChI=1S/C22H24N2O4S/c1-14-6-8-18(26-3)16(10-14)12-24(2)22(25)17-13-29-21(23-17)15-7-9-19(27-4)20(11-15)28-5/h6-11,13H,12H2,1-5H3. The summed E-state index contributed by atoms with van der Waals surface area (Å²) in [5.41, 5.74) is 3.35. The summed E-state index contributed by atoms with van der Waals surface area (Å²) in [6.07, 6.45) is 0. The van der Waals surface area contributed by atoms with Gasteiger partial charge >= 0.3 is 0 Å². The van der Waals surface area contributed by atoms with Gasteiger partial charge in [-0.15, -0.1) is 11.3 Å². The zero-order valence-electron chi connectivity index (χ0n) is 17.2. The minimum absolute atomic E-state index is 0.142. The highest BCUT2D eigenvalue weighted by atomic mass is 32.1. The van der Waals surface area contributed by atoms with Crippen molar-refractivity contribution in [2.24, 2.45) is 0 Å². The van der Waals surface area contributed by atoms with Crippen molar-refractivity contribution >= 4 is 17.2 Å². The first-order valence-corrected chi connectivity index (χ1v) is 9.91. The van der Waals surface area contributed by atoms with Crippen LogP contribution in [0.25, 0.3) is 10.6 Å². The lowest BCUT2D eigenvalue weighted by molar-refractivity contribution is 0.0779. The quantitative estimate of drug-likeness (QED) is 0.575. The molecule has 0 N–H and O–H groups in total. The number of thiazole rings is 1. The van der Waals surface area contributed by atoms with Crippen molar-refractivity contribution in [2.75, 3.05) is 28.4 Å². The first kappa shape index (κ1) is 20.7. The summed E-state index contributed by atoms with van der Waals surface area (Å²) in [5.74, 6) is 1.89. The van der Waals surface area contributed by atoms with Crippen molar-refractivity contribution in [1.29, 1.82) is 0 Å². The molecule has 6 nitrogen and oxygen atoms in total. The van der Waals surface area contributed by atoms with Crippen molar-refractivity contribution < 1.29 is 19.0 Å². The van der Waals surface area contributed by atoms with Crippen molar-refractivity contribution in [2.45, 2.75) is 13.5 Å². The Morgan fingerprint density at radius 2 is 1.69 bits per heavy atom. The number of aromatic nitrogens is 1. The van der Waals surface area contributed by atoms with Gasteiger partial charge in [0.2, 0.25) is 0 Å². The summed E-state index contributed by atoms with van der Waals surface area (Å²) in [6.45, 7) is 2.45. The maximum absolute atomic E-state index is 12.9. The molecule has 152 valence electrons. The maximum atomic E-state index is 12.9. The number of carbonyl (C=O) groups is 1. The normalized spacial score (nSPS) is 10.5. The molecule has 0 saturated carbocycles. The minimum Gasteiger partial charge on any atom is -0.496 e. The fourth-order valence-corrected chi connectivity index (χ4v) is 3.82. The van der Waals surface area contributed by atoms with Crippen LogP contribution in [0.4, 0.5) is 0 Å². The zero-order valence-corrected chi connectivity index (χ0v) is 18.0. The molecule has 0 aliphatic rings. The number of hydrogen-bond donors (Lipinski definition) is 0. The van der Waals surface area contributed by atoms with Crippen molar-refractivity contribution in [1.82, 2.24) is 9.88 Å². The minimum atomic E-state index is -0.142. The van der Waals surface area contributed by atoms with Gasteiger partial charge in [0.15, 0.2) is 11.5 Å². The van der Waals surface area contributed by atoms with Gasteiger partial charge in [-0.3, -0.25) is 4.79 Å². The number of methoxy groups -OCH3 is 3. The third-order valence-corrected chi connectivity index (χ3v) is 5.44. The third kappa shape index (κ3) is 4.51. The van der Waals surface area contributed by atoms with Gasteiger partial charge in [0.25, 0.3) is 5.91 Å². The molecule has 7 heteroatoms. The van der Waals surface area contributed by atoms with E-state index < -0.39 is 0 Å². The molecule has 1 amide bonds. The summed E-state index contributed by atoms with van der Waals surface area (Å²) < 4.78 is 16.0. The van der Waals surface area contributed by atoms with Crippen LogP contribution in [0.3, 0.4) is 0 Å². The molecule has 0 aliphatic heterocycles. The Bertz CT molecular complexity index is 1020. The Morgan fingerprint density at radius 1 is 1.00 bits per heavy atom. The number of nitrogens with zero attached hydrogens (tertiary/aromatic N) is 2. The highest BCUT2D eigenvalue weighted by Gasteiger charge is 2.18. The summed E-state index contributed by atoms with van der Waals surface area (Å²) in [7, 11) is 6.58. The summed E-state index contributed by atoms with van der Waals surface area (Å²) in [6, 6.07) is 11.5. The molecule has 0 bridgehead atoms. The number of hydrogen-bond acceptors (Lipinski definition) is 6. The maximum Gasteiger partial charge on any atom is 0.273 e. The molecule has 1 heterocycles. The number of rotatable bonds is 7. The number of benzene rings is 2. The largest absolute Gasteiger partial charge is 0.496 e. The van der Waals surface area contributed by atoms with Gasteiger partial charge in [-0.1, -0.05) is 17.7 Å². The zero-order chi connectivity index (χ0) is 21.0. The fourth-order valence-electron chi connectivity index (χ4n) is 3.03. The van der Waals surface area contributed by atoms with Gasteiger partial charge < -0.3 is 19.1 Å². The van der Waals surface area contributed by atoms with Gasteiger partial charge in [0.05, 0.1) is 21.3 Å². The third-order valence-electron chi connectivity index (χ3n) is 4.54. The van der Waals surface area contributed by atoms with Crippen LogP contribution in [0.5, 0.6) is 17.2 Å². The highest BCUT2D eigenvalue weighted by Crippen LogP contribution is 2.33. The molecular weight excluding hydrogens is 388 g/mol. The van der Waals surface area contributed by atoms with Crippen LogP contribution in [0.1, 0.15) is 21.6 Å². The van der Waals surface area contributed by atoms with Crippen molar-refractivity contribution in [3.05, 3.63) is 58.6 Å². The number of amides is 1. The fraction of sp³-hybridized carbons (Fsp3) is 0.273. The molecular formula is C22H24N2O4S. The van der Waals surface area contributed by atoms with Gasteiger partial charge in [-0.2, -0.15) is 0 Å². The summed E-state index contributed by atoms with van der Waals surface area (Å²) in [4.78, 5) is 19.1. The van der Waals surface area contributed by atoms with E-state index in [2.05, 4.69) is 4.98 Å². The lowest BCUT2D eigenvalue weighted by Gasteiger charge is -2.18. The van der Waals surface area contributed by atoms with Crippen LogP contribution in [0, 0.1) is 6.92 Å². The van der Waals surface area contributed by atoms with E-state index in [4.69, 9.17) is 14.2 Å². The smallest absolute Gasteiger partial charge is 0.273 e. The Hall–Kier alpha value is -3.06. The van der Waals surface area contributed by atoms with E-state index in [-0.39, 0.29) is 5.91 Å². The molecule has 0 unspecified atom stereocenters. The van der Waals surface area contributed by atoms with Crippen LogP contribution in [-0.4, -0.2) is 44.2 Å². The Balaban J connectivity index is 1.79. The van der Waals surface area contributed by atoms with Crippen molar-refractivity contribution in [3.8, 4) is 27.8 Å². The average Bonchev–Trinajstić information content (AvgIpc) is 3.23. The average molecular weight is 413 g/mol. The molecule has 0 saturated heterocycles. The SMILES string of the molecule is COc1ccc(C)cc1CN(C)C(=O)c1csc(-c2ccc(OC)c(OC)c2)n1. The lowest BCUT2D eigenvalue weighted by atomic mass is 10.1. The Morgan fingerprint density at radius 3 is 2.38 bits per heavy atom. The molecule has 0 atom stereocenters. The topological polar surface area (TPSA) is 60.9 Å². The van der Waals surface area contributed by atoms with E-state index in [9.17, 15) is 4.79 Å². The van der Waals surface area contributed by atoms with E-state index in [1.54, 1.807) is 38.7 Å². The predicted octanol–water partition coefficient (Wildman–Crippen LogP) is 4.42. The molecule has 3 rings (SSSR count). The Kier molecular flexibility index (Phi) is 6.39. The van der Waals surface area contributed by atoms with E-state index in [1.165, 1.54) is 11.3 Å². The van der Waals surface area contributed by atoms with Gasteiger partial charge in [-0.05, 0) is 31.2 Å². The lowest BCUT2D eigenvalue weighted by Crippen LogP contribution is -2.26. The summed E-state index contributed by atoms with van der Waals surface area (Å²) in [5, 5.41) is 2.52. The molecule has 2 aromatic carbocycles. The van der Waals surface area contributed by atoms with Crippen LogP contribution < -0.4 is 14.2 Å². The van der Waals surface area contributed by atoms with Gasteiger partial charge in [-0.25, -0.2) is 4.98 Å². The number of ether oxygens (including phenoxy) is 3. The molecule has 1 aromatic heterocycles. The van der Waals surface area contributed by atoms with E-state index in [1.807, 2.05) is 43.3 Å². The Labute approximate surface area is 174 Å². The molecule has 3 aromatic rings. The second-order valence-electron chi connectivity index (χ2n) is 6.58. The van der Waals surface area contributed by atoms with Gasteiger partial charge in [0.1, 0.15) is 16.5 Å². The van der Waals surface area contributed by atoms with Crippen LogP contribution in [0.2, 0.25) is 0 Å². The molecule has 29 heavy (non-hydrogen) atoms. The monoisotopic (exact) mass is 412 g/mol. The van der Waals surface area contributed by atoms with Crippen molar-refractivity contribution in [3.63, 3.8) is 0 Å². The highest BCUT2D eigenvalue weighted by molar-refractivity contribution is 7.13. The van der Waals surface area contributed by atoms with Crippen LogP contribution in [-0.2, 0) is 6.54 Å². The molecule has 0 radical (unpaired) electrons. The van der Waals surface area contributed by atoms with E-state index >= 15 is 0 Å². The number of carbonyl (C=O) groups excluding carboxylic acids is 1. The second kappa shape index (κ2) is 8.96. The first-order chi connectivity index (χ1) is 14.0. The predicted molar refractivity (Wildman–Crippen MR) is 114 cm³/mol. The summed E-state index contributed by atoms with van der Waals surface area (Å²) >= 11 is 1.42. The number of aryl methyl sites for hydroxylation is 1. The van der Waals surface area contributed by atoms with Crippen LogP contribution >= 0.6 is 11.3 Å². The second-order valence-corrected chi connectivity index (χ2v) is 7.44. The van der Waals surface area contributed by atoms with E-state index in [0.717, 1.165) is 27.4 Å². The van der Waals surface area contributed by atoms with Gasteiger partial charge in [0, 0.05) is 30.1 Å². The molecule has 0 spiro atoms. The first-order valence-electron chi connectivity index (χ1n) is 9.03. The van der Waals surface area contributed by atoms with Crippen LogP contribution in [0.15, 0.2) is 41.8 Å². The molecule has 0 fully saturated rings. The molecule has 0 aliphatic carbocycles. The van der Waals surface area contributed by atoms with E-state index in [0.29, 0.717) is 23.7 Å².